The highest BCUT2D eigenvalue weighted by atomic mass is 32.2. The zero-order valence-electron chi connectivity index (χ0n) is 16.3. The average molecular weight is 401 g/mol. The Morgan fingerprint density at radius 3 is 2.67 bits per heavy atom. The van der Waals surface area contributed by atoms with Crippen LogP contribution >= 0.6 is 0 Å². The Kier molecular flexibility index (Phi) is 6.99. The molecule has 2 rings (SSSR count). The number of nitrogens with one attached hydrogen (secondary N) is 1. The molecule has 1 N–H and O–H groups in total. The lowest BCUT2D eigenvalue weighted by molar-refractivity contribution is -0.145. The lowest BCUT2D eigenvalue weighted by Crippen LogP contribution is -2.42. The van der Waals surface area contributed by atoms with Crippen molar-refractivity contribution in [2.75, 3.05) is 36.5 Å². The molecule has 10 heteroatoms. The van der Waals surface area contributed by atoms with E-state index in [0.717, 1.165) is 0 Å². The summed E-state index contributed by atoms with van der Waals surface area (Å²) in [6.07, 6.45) is 0.479. The highest BCUT2D eigenvalue weighted by Gasteiger charge is 2.31. The normalized spacial score (nSPS) is 18.8. The van der Waals surface area contributed by atoms with Crippen molar-refractivity contribution in [3.05, 3.63) is 11.8 Å². The predicted molar refractivity (Wildman–Crippen MR) is 101 cm³/mol. The molecule has 1 fully saturated rings. The van der Waals surface area contributed by atoms with Crippen LogP contribution in [0.1, 0.15) is 38.9 Å². The van der Waals surface area contributed by atoms with Crippen LogP contribution in [0.4, 0.5) is 5.82 Å². The molecule has 0 saturated carbocycles. The molecular formula is C17H28N4O5S. The fourth-order valence-electron chi connectivity index (χ4n) is 3.02. The number of hydrogen-bond donors (Lipinski definition) is 1. The molecule has 1 aliphatic rings. The van der Waals surface area contributed by atoms with E-state index in [9.17, 15) is 18.0 Å². The van der Waals surface area contributed by atoms with Gasteiger partial charge in [0.05, 0.1) is 42.9 Å². The Balaban J connectivity index is 2.05. The van der Waals surface area contributed by atoms with Gasteiger partial charge in [-0.25, -0.2) is 13.1 Å². The summed E-state index contributed by atoms with van der Waals surface area (Å²) >= 11 is 0. The van der Waals surface area contributed by atoms with E-state index in [4.69, 9.17) is 4.74 Å². The third-order valence-electron chi connectivity index (χ3n) is 4.39. The van der Waals surface area contributed by atoms with E-state index in [0.29, 0.717) is 24.5 Å². The number of anilines is 1. The summed E-state index contributed by atoms with van der Waals surface area (Å²) in [6, 6.07) is 1.42. The highest BCUT2D eigenvalue weighted by Crippen LogP contribution is 2.27. The van der Waals surface area contributed by atoms with Gasteiger partial charge in [-0.15, -0.1) is 0 Å². The van der Waals surface area contributed by atoms with Gasteiger partial charge in [-0.2, -0.15) is 5.10 Å². The lowest BCUT2D eigenvalue weighted by atomic mass is 10.3. The molecular weight excluding hydrogens is 372 g/mol. The molecule has 0 radical (unpaired) electrons. The Morgan fingerprint density at radius 2 is 2.11 bits per heavy atom. The molecule has 1 aromatic rings. The van der Waals surface area contributed by atoms with Crippen LogP contribution in [0.25, 0.3) is 0 Å². The molecule has 1 aromatic heterocycles. The first-order valence-corrected chi connectivity index (χ1v) is 10.9. The number of nitrogens with zero attached hydrogens (tertiary/aromatic N) is 3. The van der Waals surface area contributed by atoms with Crippen molar-refractivity contribution in [3.63, 3.8) is 0 Å². The van der Waals surface area contributed by atoms with Gasteiger partial charge in [-0.3, -0.25) is 14.5 Å². The summed E-state index contributed by atoms with van der Waals surface area (Å²) in [5.41, 5.74) is 0.696. The minimum Gasteiger partial charge on any atom is -0.465 e. The van der Waals surface area contributed by atoms with Crippen LogP contribution in [0.2, 0.25) is 0 Å². The van der Waals surface area contributed by atoms with Crippen LogP contribution in [0.15, 0.2) is 6.07 Å². The standard InChI is InChI=1S/C17H28N4O5S/c1-5-26-17(23)10-20(12(2)3)9-16(22)18-15-8-13(4)19-21(15)14-6-7-27(24,25)11-14/h8,12,14H,5-7,9-11H2,1-4H3,(H,18,22). The van der Waals surface area contributed by atoms with Gasteiger partial charge >= 0.3 is 5.97 Å². The second kappa shape index (κ2) is 8.83. The third kappa shape index (κ3) is 6.03. The second-order valence-corrected chi connectivity index (χ2v) is 9.25. The molecule has 2 heterocycles. The quantitative estimate of drug-likeness (QED) is 0.642. The van der Waals surface area contributed by atoms with E-state index in [-0.39, 0.29) is 48.6 Å². The molecule has 1 unspecified atom stereocenters. The maximum Gasteiger partial charge on any atom is 0.320 e. The maximum atomic E-state index is 12.5. The number of ether oxygens (including phenoxy) is 1. The van der Waals surface area contributed by atoms with Crippen LogP contribution < -0.4 is 5.32 Å². The van der Waals surface area contributed by atoms with E-state index in [2.05, 4.69) is 10.4 Å². The average Bonchev–Trinajstić information content (AvgIpc) is 3.08. The highest BCUT2D eigenvalue weighted by molar-refractivity contribution is 7.91. The molecule has 0 spiro atoms. The Morgan fingerprint density at radius 1 is 1.41 bits per heavy atom. The first-order chi connectivity index (χ1) is 12.6. The first-order valence-electron chi connectivity index (χ1n) is 9.07. The Hall–Kier alpha value is -1.94. The molecule has 0 bridgehead atoms. The summed E-state index contributed by atoms with van der Waals surface area (Å²) in [4.78, 5) is 25.9. The van der Waals surface area contributed by atoms with Gasteiger partial charge in [0.2, 0.25) is 5.91 Å². The van der Waals surface area contributed by atoms with Crippen molar-refractivity contribution in [1.82, 2.24) is 14.7 Å². The number of sulfone groups is 1. The zero-order chi connectivity index (χ0) is 20.2. The minimum absolute atomic E-state index is 0.0175. The minimum atomic E-state index is -3.06. The van der Waals surface area contributed by atoms with Crippen molar-refractivity contribution in [2.24, 2.45) is 0 Å². The smallest absolute Gasteiger partial charge is 0.320 e. The van der Waals surface area contributed by atoms with Crippen molar-refractivity contribution in [2.45, 2.75) is 46.2 Å². The fourth-order valence-corrected chi connectivity index (χ4v) is 4.71. The van der Waals surface area contributed by atoms with Crippen molar-refractivity contribution >= 4 is 27.5 Å². The number of aromatic nitrogens is 2. The zero-order valence-corrected chi connectivity index (χ0v) is 17.1. The topological polar surface area (TPSA) is 111 Å². The van der Waals surface area contributed by atoms with Crippen LogP contribution in [-0.2, 0) is 24.2 Å². The third-order valence-corrected chi connectivity index (χ3v) is 6.14. The van der Waals surface area contributed by atoms with Gasteiger partial charge in [0, 0.05) is 12.1 Å². The molecule has 0 aromatic carbocycles. The summed E-state index contributed by atoms with van der Waals surface area (Å²) in [5, 5.41) is 7.15. The molecule has 1 amide bonds. The second-order valence-electron chi connectivity index (χ2n) is 7.02. The molecule has 1 aliphatic heterocycles. The Bertz CT molecular complexity index is 787. The number of esters is 1. The first kappa shape index (κ1) is 21.4. The number of aryl methyl sites for hydroxylation is 1. The van der Waals surface area contributed by atoms with Crippen molar-refractivity contribution < 1.29 is 22.7 Å². The summed E-state index contributed by atoms with van der Waals surface area (Å²) in [7, 11) is -3.06. The Labute approximate surface area is 160 Å². The van der Waals surface area contributed by atoms with E-state index < -0.39 is 9.84 Å². The van der Waals surface area contributed by atoms with Crippen molar-refractivity contribution in [1.29, 1.82) is 0 Å². The van der Waals surface area contributed by atoms with Gasteiger partial charge in [-0.05, 0) is 34.1 Å². The van der Waals surface area contributed by atoms with Gasteiger partial charge in [0.25, 0.3) is 0 Å². The monoisotopic (exact) mass is 400 g/mol. The largest absolute Gasteiger partial charge is 0.465 e. The van der Waals surface area contributed by atoms with Crippen LogP contribution in [-0.4, -0.2) is 72.2 Å². The lowest BCUT2D eigenvalue weighted by Gasteiger charge is -2.24. The van der Waals surface area contributed by atoms with Gasteiger partial charge in [0.15, 0.2) is 9.84 Å². The van der Waals surface area contributed by atoms with Gasteiger partial charge < -0.3 is 10.1 Å². The molecule has 1 atom stereocenters. The van der Waals surface area contributed by atoms with Crippen LogP contribution in [0.3, 0.4) is 0 Å². The SMILES string of the molecule is CCOC(=O)CN(CC(=O)Nc1cc(C)nn1C1CCS(=O)(=O)C1)C(C)C. The number of rotatable bonds is 8. The number of hydrogen-bond acceptors (Lipinski definition) is 7. The van der Waals surface area contributed by atoms with E-state index in [1.165, 1.54) is 0 Å². The number of amides is 1. The summed E-state index contributed by atoms with van der Waals surface area (Å²) in [6.45, 7) is 7.64. The maximum absolute atomic E-state index is 12.5. The van der Waals surface area contributed by atoms with Gasteiger partial charge in [-0.1, -0.05) is 0 Å². The molecule has 0 aliphatic carbocycles. The van der Waals surface area contributed by atoms with Crippen LogP contribution in [0, 0.1) is 6.92 Å². The number of carbonyl (C=O) groups excluding carboxylic acids is 2. The van der Waals surface area contributed by atoms with E-state index >= 15 is 0 Å². The number of carbonyl (C=O) groups is 2. The van der Waals surface area contributed by atoms with Crippen LogP contribution in [0.5, 0.6) is 0 Å². The van der Waals surface area contributed by atoms with E-state index in [1.54, 1.807) is 29.5 Å². The van der Waals surface area contributed by atoms with E-state index in [1.807, 2.05) is 13.8 Å². The molecule has 27 heavy (non-hydrogen) atoms. The fraction of sp³-hybridized carbons (Fsp3) is 0.706. The molecule has 152 valence electrons. The summed E-state index contributed by atoms with van der Waals surface area (Å²) < 4.78 is 30.0. The predicted octanol–water partition coefficient (Wildman–Crippen LogP) is 0.763. The molecule has 9 nitrogen and oxygen atoms in total. The van der Waals surface area contributed by atoms with Crippen molar-refractivity contribution in [3.8, 4) is 0 Å². The summed E-state index contributed by atoms with van der Waals surface area (Å²) in [5.74, 6) is -0.0479. The van der Waals surface area contributed by atoms with Gasteiger partial charge in [0.1, 0.15) is 5.82 Å². The molecule has 1 saturated heterocycles.